The van der Waals surface area contributed by atoms with Gasteiger partial charge in [0.1, 0.15) is 24.9 Å². The van der Waals surface area contributed by atoms with Crippen LogP contribution in [-0.4, -0.2) is 23.7 Å². The number of carbonyl (C=O) groups is 2. The van der Waals surface area contributed by atoms with Gasteiger partial charge in [0.05, 0.1) is 11.3 Å². The maximum absolute atomic E-state index is 13.5. The molecule has 7 nitrogen and oxygen atoms in total. The first-order valence-electron chi connectivity index (χ1n) is 9.33. The molecule has 0 atom stereocenters. The number of anilines is 1. The molecule has 1 aromatic carbocycles. The Labute approximate surface area is 175 Å². The molecule has 11 heteroatoms. The van der Waals surface area contributed by atoms with E-state index in [-0.39, 0.29) is 18.0 Å². The number of benzene rings is 1. The van der Waals surface area contributed by atoms with Crippen molar-refractivity contribution < 1.29 is 41.6 Å². The summed E-state index contributed by atoms with van der Waals surface area (Å²) in [5.74, 6) is -17.0. The van der Waals surface area contributed by atoms with Crippen molar-refractivity contribution in [2.24, 2.45) is 0 Å². The number of aromatic nitrogens is 1. The van der Waals surface area contributed by atoms with Crippen molar-refractivity contribution in [3.05, 3.63) is 54.4 Å². The summed E-state index contributed by atoms with van der Waals surface area (Å²) >= 11 is 0. The van der Waals surface area contributed by atoms with Gasteiger partial charge in [-0.3, -0.25) is 15.6 Å². The highest BCUT2D eigenvalue weighted by Gasteiger charge is 2.63. The van der Waals surface area contributed by atoms with Gasteiger partial charge >= 0.3 is 17.8 Å². The number of carbonyl (C=O) groups excluding carboxylic acids is 2. The largest absolute Gasteiger partial charge is 0.544 e. The van der Waals surface area contributed by atoms with Gasteiger partial charge in [-0.1, -0.05) is 25.5 Å². The summed E-state index contributed by atoms with van der Waals surface area (Å²) in [5.41, 5.74) is 4.24. The minimum atomic E-state index is -5.69. The number of unbranched alkanes of at least 4 members (excludes halogenated alkanes) is 1. The lowest BCUT2D eigenvalue weighted by Gasteiger charge is -2.26. The second-order valence-electron chi connectivity index (χ2n) is 6.60. The molecule has 1 amide bonds. The Bertz CT molecular complexity index is 925. The molecule has 0 bridgehead atoms. The van der Waals surface area contributed by atoms with Crippen LogP contribution in [0, 0.1) is 0 Å². The van der Waals surface area contributed by atoms with Crippen LogP contribution in [-0.2, 0) is 22.7 Å². The lowest BCUT2D eigenvalue weighted by Crippen LogP contribution is -2.61. The Kier molecular flexibility index (Phi) is 7.78. The van der Waals surface area contributed by atoms with Gasteiger partial charge in [-0.05, 0) is 18.2 Å². The monoisotopic (exact) mass is 443 g/mol. The molecule has 31 heavy (non-hydrogen) atoms. The molecule has 2 aromatic rings. The Balaban J connectivity index is 2.04. The van der Waals surface area contributed by atoms with Gasteiger partial charge in [-0.15, -0.1) is 0 Å². The molecule has 0 aliphatic carbocycles. The number of aryl methyl sites for hydroxylation is 1. The van der Waals surface area contributed by atoms with Crippen LogP contribution in [0.25, 0.3) is 0 Å². The van der Waals surface area contributed by atoms with Crippen LogP contribution in [0.3, 0.4) is 0 Å². The second kappa shape index (κ2) is 10.1. The van der Waals surface area contributed by atoms with E-state index < -0.39 is 23.7 Å². The van der Waals surface area contributed by atoms with Crippen LogP contribution in [0.1, 0.15) is 25.3 Å². The SMILES string of the molecule is CCCC[n+]1cccc(COc2ccccc2NNC(=O)C(F)(F)C(F)(F)C(=O)[O-])c1. The van der Waals surface area contributed by atoms with Gasteiger partial charge in [0.2, 0.25) is 0 Å². The first-order chi connectivity index (χ1) is 14.6. The van der Waals surface area contributed by atoms with Crippen molar-refractivity contribution in [2.75, 3.05) is 5.43 Å². The molecule has 0 saturated heterocycles. The minimum absolute atomic E-state index is 0.00166. The first-order valence-corrected chi connectivity index (χ1v) is 9.33. The van der Waals surface area contributed by atoms with Crippen LogP contribution in [0.5, 0.6) is 5.75 Å². The van der Waals surface area contributed by atoms with E-state index in [0.29, 0.717) is 0 Å². The summed E-state index contributed by atoms with van der Waals surface area (Å²) in [5, 5.41) is 10.2. The summed E-state index contributed by atoms with van der Waals surface area (Å²) < 4.78 is 60.8. The van der Waals surface area contributed by atoms with E-state index >= 15 is 0 Å². The second-order valence-corrected chi connectivity index (χ2v) is 6.60. The summed E-state index contributed by atoms with van der Waals surface area (Å²) in [6, 6.07) is 9.54. The first kappa shape index (κ1) is 23.9. The highest BCUT2D eigenvalue weighted by atomic mass is 19.3. The number of carboxylic acids is 1. The number of amides is 1. The zero-order chi connectivity index (χ0) is 23.1. The summed E-state index contributed by atoms with van der Waals surface area (Å²) in [7, 11) is 0. The fourth-order valence-electron chi connectivity index (χ4n) is 2.47. The van der Waals surface area contributed by atoms with Crippen LogP contribution in [0.15, 0.2) is 48.8 Å². The highest BCUT2D eigenvalue weighted by molar-refractivity contribution is 5.92. The average Bonchev–Trinajstić information content (AvgIpc) is 2.75. The van der Waals surface area contributed by atoms with Crippen LogP contribution in [0.2, 0.25) is 0 Å². The summed E-state index contributed by atoms with van der Waals surface area (Å²) in [4.78, 5) is 21.7. The summed E-state index contributed by atoms with van der Waals surface area (Å²) in [6.07, 6.45) is 5.83. The molecule has 0 saturated carbocycles. The van der Waals surface area contributed by atoms with E-state index in [2.05, 4.69) is 6.92 Å². The number of nitrogens with one attached hydrogen (secondary N) is 2. The Hall–Kier alpha value is -3.37. The fourth-order valence-corrected chi connectivity index (χ4v) is 2.47. The number of hydrogen-bond acceptors (Lipinski definition) is 5. The molecular formula is C20H21F4N3O4. The van der Waals surface area contributed by atoms with Gasteiger partial charge in [0.25, 0.3) is 0 Å². The molecule has 0 fully saturated rings. The molecule has 2 N–H and O–H groups in total. The zero-order valence-corrected chi connectivity index (χ0v) is 16.5. The highest BCUT2D eigenvalue weighted by Crippen LogP contribution is 2.34. The lowest BCUT2D eigenvalue weighted by molar-refractivity contribution is -0.697. The Morgan fingerprint density at radius 1 is 1.10 bits per heavy atom. The van der Waals surface area contributed by atoms with Crippen molar-refractivity contribution in [1.82, 2.24) is 5.43 Å². The number of halogens is 4. The van der Waals surface area contributed by atoms with Gasteiger partial charge < -0.3 is 14.6 Å². The van der Waals surface area contributed by atoms with E-state index in [0.717, 1.165) is 24.9 Å². The number of ether oxygens (including phenoxy) is 1. The van der Waals surface area contributed by atoms with Crippen molar-refractivity contribution in [2.45, 2.75) is 44.8 Å². The number of aliphatic carboxylic acids is 1. The van der Waals surface area contributed by atoms with Crippen molar-refractivity contribution in [1.29, 1.82) is 0 Å². The molecule has 1 aromatic heterocycles. The van der Waals surface area contributed by atoms with Crippen LogP contribution >= 0.6 is 0 Å². The zero-order valence-electron chi connectivity index (χ0n) is 16.5. The number of carboxylic acid groups (broad SMARTS) is 1. The molecule has 0 spiro atoms. The molecule has 0 aliphatic heterocycles. The third kappa shape index (κ3) is 5.83. The number of alkyl halides is 4. The molecular weight excluding hydrogens is 422 g/mol. The van der Waals surface area contributed by atoms with E-state index in [1.165, 1.54) is 23.6 Å². The van der Waals surface area contributed by atoms with Gasteiger partial charge in [-0.25, -0.2) is 4.57 Å². The molecule has 1 heterocycles. The molecule has 0 radical (unpaired) electrons. The smallest absolute Gasteiger partial charge is 0.393 e. The van der Waals surface area contributed by atoms with E-state index in [1.54, 1.807) is 6.07 Å². The maximum Gasteiger partial charge on any atom is 0.393 e. The third-order valence-electron chi connectivity index (χ3n) is 4.22. The predicted molar refractivity (Wildman–Crippen MR) is 99.0 cm³/mol. The quantitative estimate of drug-likeness (QED) is 0.314. The topological polar surface area (TPSA) is 94.4 Å². The Morgan fingerprint density at radius 2 is 1.81 bits per heavy atom. The van der Waals surface area contributed by atoms with Gasteiger partial charge in [-0.2, -0.15) is 17.6 Å². The normalized spacial score (nSPS) is 11.6. The van der Waals surface area contributed by atoms with E-state index in [1.807, 2.05) is 34.5 Å². The number of pyridine rings is 1. The standard InChI is InChI=1S/C20H21F4N3O4/c1-2-3-10-27-11-6-7-14(12-27)13-31-16-9-5-4-8-15(16)25-26-17(28)19(21,22)20(23,24)18(29)30/h4-9,11-12,25H,2-3,10,13H2,1H3,(H-,26,28,29,30). The third-order valence-corrected chi connectivity index (χ3v) is 4.22. The van der Waals surface area contributed by atoms with Gasteiger partial charge in [0.15, 0.2) is 12.4 Å². The molecule has 168 valence electrons. The van der Waals surface area contributed by atoms with E-state index in [4.69, 9.17) is 4.74 Å². The number of hydrazine groups is 1. The van der Waals surface area contributed by atoms with E-state index in [9.17, 15) is 32.3 Å². The van der Waals surface area contributed by atoms with Crippen molar-refractivity contribution in [3.63, 3.8) is 0 Å². The number of nitrogens with zero attached hydrogens (tertiary/aromatic N) is 1. The Morgan fingerprint density at radius 3 is 2.48 bits per heavy atom. The number of para-hydroxylation sites is 2. The van der Waals surface area contributed by atoms with Crippen LogP contribution in [0.4, 0.5) is 23.2 Å². The van der Waals surface area contributed by atoms with Gasteiger partial charge in [0, 0.05) is 12.5 Å². The summed E-state index contributed by atoms with van der Waals surface area (Å²) in [6.45, 7) is 3.02. The van der Waals surface area contributed by atoms with Crippen LogP contribution < -0.4 is 25.3 Å². The van der Waals surface area contributed by atoms with Crippen molar-refractivity contribution >= 4 is 17.6 Å². The minimum Gasteiger partial charge on any atom is -0.544 e. The fraction of sp³-hybridized carbons (Fsp3) is 0.350. The predicted octanol–water partition coefficient (Wildman–Crippen LogP) is 1.82. The average molecular weight is 443 g/mol. The number of rotatable bonds is 11. The van der Waals surface area contributed by atoms with Crippen molar-refractivity contribution in [3.8, 4) is 5.75 Å². The lowest BCUT2D eigenvalue weighted by atomic mass is 10.1. The number of hydrogen-bond donors (Lipinski definition) is 2. The molecule has 0 unspecified atom stereocenters. The molecule has 2 rings (SSSR count). The molecule has 0 aliphatic rings. The maximum atomic E-state index is 13.5.